The molecular weight excluding hydrogens is 1350 g/mol. The van der Waals surface area contributed by atoms with E-state index in [9.17, 15) is 142 Å². The molecule has 0 saturated carbocycles. The van der Waals surface area contributed by atoms with Crippen LogP contribution in [0.5, 0.6) is 0 Å². The summed E-state index contributed by atoms with van der Waals surface area (Å²) < 4.78 is 452. The number of hydrogen-bond acceptors (Lipinski definition) is 13. The van der Waals surface area contributed by atoms with Crippen LogP contribution in [-0.4, -0.2) is 241 Å². The van der Waals surface area contributed by atoms with Crippen LogP contribution in [0.2, 0.25) is 0 Å². The molecule has 0 bridgehead atoms. The van der Waals surface area contributed by atoms with Crippen LogP contribution in [-0.2, 0) is 52.1 Å². The highest BCUT2D eigenvalue weighted by Gasteiger charge is 2.62. The van der Waals surface area contributed by atoms with Gasteiger partial charge in [-0.2, -0.15) is 132 Å². The summed E-state index contributed by atoms with van der Waals surface area (Å²) in [6.07, 6.45) is -37.2. The van der Waals surface area contributed by atoms with Gasteiger partial charge >= 0.3 is 72.6 Å². The van der Waals surface area contributed by atoms with Crippen LogP contribution in [0.15, 0.2) is 0 Å². The SMILES string of the molecule is CC(CO)(COCC(C)(COCC(C)(COCC(C)(COCC(C)(COCC(C)(CO)COCC(F)(F)C(F)(F)F)COCC(F)(F)C(F)(F)F)COCC(F)(F)C(F)(F)F)COCC(F)(F)C(F)(F)F)COCC(F)(F)C(F)(F)F)COCC(F)(F)C(F)(F)F. The fourth-order valence-electron chi connectivity index (χ4n) is 6.53. The number of halogens is 30. The van der Waals surface area contributed by atoms with Crippen molar-refractivity contribution in [3.63, 3.8) is 0 Å². The van der Waals surface area contributed by atoms with Crippen molar-refractivity contribution in [1.82, 2.24) is 0 Å². The molecule has 548 valence electrons. The molecule has 0 aromatic carbocycles. The van der Waals surface area contributed by atoms with Gasteiger partial charge in [0.2, 0.25) is 0 Å². The van der Waals surface area contributed by atoms with E-state index in [2.05, 4.69) is 28.4 Å². The lowest BCUT2D eigenvalue weighted by Gasteiger charge is -2.36. The third-order valence-corrected chi connectivity index (χ3v) is 12.2. The van der Waals surface area contributed by atoms with Crippen LogP contribution in [0.3, 0.4) is 0 Å². The van der Waals surface area contributed by atoms with Gasteiger partial charge in [0.15, 0.2) is 0 Å². The lowest BCUT2D eigenvalue weighted by Crippen LogP contribution is -2.45. The minimum atomic E-state index is -6.28. The van der Waals surface area contributed by atoms with Crippen molar-refractivity contribution in [2.24, 2.45) is 32.5 Å². The third-order valence-electron chi connectivity index (χ3n) is 12.2. The molecule has 91 heavy (non-hydrogen) atoms. The molecule has 0 fully saturated rings. The average molecular weight is 1420 g/mol. The lowest BCUT2D eigenvalue weighted by atomic mass is 9.91. The molecule has 6 atom stereocenters. The first-order valence-electron chi connectivity index (χ1n) is 25.6. The average Bonchev–Trinajstić information content (AvgIpc) is 0.983. The van der Waals surface area contributed by atoms with E-state index in [0.29, 0.717) is 0 Å². The highest BCUT2D eigenvalue weighted by Crippen LogP contribution is 2.42. The standard InChI is InChI=1S/C48H68F30O13/c1-31(7-79,11-86-25-37(49,50)43(61,62)63)9-81-13-33(3,21-88-27-39(53,54)45(67,68)69)15-83-17-35(5,23-90-29-41(57,58)47(73,74)75)19-85-20-36(6,24-91-30-42(59,60)48(76,77)78)18-84-16-34(4,22-89-28-40(55,56)46(70,71)72)14-82-10-32(2,8-80)12-87-26-38(51,52)44(64,65)66/h79-80H,7-30H2,1-6H3. The molecule has 0 amide bonds. The van der Waals surface area contributed by atoms with Gasteiger partial charge in [0, 0.05) is 32.5 Å². The number of alkyl halides is 30. The first kappa shape index (κ1) is 88.4. The summed E-state index contributed by atoms with van der Waals surface area (Å²) in [6.45, 7) is -28.6. The molecular formula is C48H68F30O13. The van der Waals surface area contributed by atoms with Gasteiger partial charge in [-0.1, -0.05) is 41.5 Å². The van der Waals surface area contributed by atoms with Gasteiger partial charge in [0.1, 0.15) is 39.6 Å². The summed E-state index contributed by atoms with van der Waals surface area (Å²) >= 11 is 0. The van der Waals surface area contributed by atoms with E-state index >= 15 is 0 Å². The maximum absolute atomic E-state index is 14.0. The number of rotatable bonds is 46. The van der Waals surface area contributed by atoms with Gasteiger partial charge in [0.05, 0.1) is 119 Å². The Morgan fingerprint density at radius 2 is 0.253 bits per heavy atom. The Morgan fingerprint density at radius 1 is 0.165 bits per heavy atom. The normalized spacial score (nSPS) is 18.5. The molecule has 13 nitrogen and oxygen atoms in total. The Hall–Kier alpha value is -2.62. The van der Waals surface area contributed by atoms with Crippen molar-refractivity contribution in [2.75, 3.05) is 159 Å². The van der Waals surface area contributed by atoms with E-state index in [1.165, 1.54) is 0 Å². The van der Waals surface area contributed by atoms with Crippen molar-refractivity contribution in [3.05, 3.63) is 0 Å². The molecule has 0 heterocycles. The van der Waals surface area contributed by atoms with E-state index in [4.69, 9.17) is 23.7 Å². The zero-order valence-corrected chi connectivity index (χ0v) is 48.7. The second-order valence-corrected chi connectivity index (χ2v) is 23.8. The molecule has 0 aliphatic carbocycles. The Labute approximate surface area is 499 Å². The van der Waals surface area contributed by atoms with Crippen molar-refractivity contribution in [3.8, 4) is 0 Å². The molecule has 43 heteroatoms. The quantitative estimate of drug-likeness (QED) is 0.0559. The van der Waals surface area contributed by atoms with Crippen LogP contribution in [0.25, 0.3) is 0 Å². The minimum absolute atomic E-state index is 0.898. The molecule has 0 rings (SSSR count). The topological polar surface area (TPSA) is 142 Å². The van der Waals surface area contributed by atoms with Crippen LogP contribution in [0, 0.1) is 32.5 Å². The van der Waals surface area contributed by atoms with Crippen molar-refractivity contribution in [1.29, 1.82) is 0 Å². The maximum atomic E-state index is 14.0. The highest BCUT2D eigenvalue weighted by atomic mass is 19.5. The van der Waals surface area contributed by atoms with E-state index in [0.717, 1.165) is 41.5 Å². The van der Waals surface area contributed by atoms with Crippen LogP contribution in [0.1, 0.15) is 41.5 Å². The Kier molecular flexibility index (Phi) is 32.1. The molecule has 0 aromatic heterocycles. The second-order valence-electron chi connectivity index (χ2n) is 23.8. The zero-order valence-electron chi connectivity index (χ0n) is 48.7. The smallest absolute Gasteiger partial charge is 0.396 e. The Morgan fingerprint density at radius 3 is 0.341 bits per heavy atom. The van der Waals surface area contributed by atoms with Gasteiger partial charge in [-0.25, -0.2) is 0 Å². The summed E-state index contributed by atoms with van der Waals surface area (Å²) in [6, 6.07) is 0. The van der Waals surface area contributed by atoms with Crippen LogP contribution >= 0.6 is 0 Å². The fraction of sp³-hybridized carbons (Fsp3) is 1.00. The van der Waals surface area contributed by atoms with Crippen molar-refractivity contribution in [2.45, 2.75) is 114 Å². The number of aliphatic hydroxyl groups excluding tert-OH is 2. The molecule has 0 saturated heterocycles. The third kappa shape index (κ3) is 30.1. The monoisotopic (exact) mass is 1420 g/mol. The lowest BCUT2D eigenvalue weighted by molar-refractivity contribution is -0.299. The molecule has 0 spiro atoms. The summed E-state index contributed by atoms with van der Waals surface area (Å²) in [5, 5.41) is 19.7. The number of hydrogen-bond donors (Lipinski definition) is 2. The zero-order chi connectivity index (χ0) is 71.7. The minimum Gasteiger partial charge on any atom is -0.396 e. The summed E-state index contributed by atoms with van der Waals surface area (Å²) in [4.78, 5) is 0. The summed E-state index contributed by atoms with van der Waals surface area (Å²) in [5.74, 6) is -33.2. The highest BCUT2D eigenvalue weighted by molar-refractivity contribution is 4.86. The number of ether oxygens (including phenoxy) is 11. The molecule has 0 radical (unpaired) electrons. The first-order chi connectivity index (χ1) is 40.4. The predicted octanol–water partition coefficient (Wildman–Crippen LogP) is 12.4. The van der Waals surface area contributed by atoms with E-state index < -0.39 is 264 Å². The molecule has 0 aromatic rings. The Bertz CT molecular complexity index is 1950. The molecule has 6 unspecified atom stereocenters. The van der Waals surface area contributed by atoms with E-state index in [-0.39, 0.29) is 0 Å². The molecule has 0 aliphatic heterocycles. The van der Waals surface area contributed by atoms with Crippen LogP contribution in [0.4, 0.5) is 132 Å². The van der Waals surface area contributed by atoms with E-state index in [1.54, 1.807) is 0 Å². The maximum Gasteiger partial charge on any atom is 0.455 e. The van der Waals surface area contributed by atoms with E-state index in [1.807, 2.05) is 0 Å². The molecule has 2 N–H and O–H groups in total. The Balaban J connectivity index is 7.15. The van der Waals surface area contributed by atoms with Crippen LogP contribution < -0.4 is 0 Å². The van der Waals surface area contributed by atoms with Gasteiger partial charge in [-0.15, -0.1) is 0 Å². The largest absolute Gasteiger partial charge is 0.455 e. The van der Waals surface area contributed by atoms with Gasteiger partial charge in [0.25, 0.3) is 0 Å². The van der Waals surface area contributed by atoms with Gasteiger partial charge in [-0.3, -0.25) is 0 Å². The first-order valence-corrected chi connectivity index (χ1v) is 25.6. The summed E-state index contributed by atoms with van der Waals surface area (Å²) in [5.41, 5.74) is -12.2. The number of aliphatic hydroxyl groups is 2. The summed E-state index contributed by atoms with van der Waals surface area (Å²) in [7, 11) is 0. The van der Waals surface area contributed by atoms with Crippen molar-refractivity contribution >= 4 is 0 Å². The van der Waals surface area contributed by atoms with Gasteiger partial charge in [-0.05, 0) is 0 Å². The predicted molar refractivity (Wildman–Crippen MR) is 248 cm³/mol. The molecule has 0 aliphatic rings. The second kappa shape index (κ2) is 33.1. The van der Waals surface area contributed by atoms with Gasteiger partial charge < -0.3 is 62.3 Å². The fourth-order valence-corrected chi connectivity index (χ4v) is 6.53. The van der Waals surface area contributed by atoms with Crippen molar-refractivity contribution < 1.29 is 194 Å².